The Hall–Kier alpha value is -2.53. The maximum Gasteiger partial charge on any atom is 0.220 e. The number of hydrogen-bond acceptors (Lipinski definition) is 4. The highest BCUT2D eigenvalue weighted by Gasteiger charge is 2.09. The molecule has 0 saturated carbocycles. The van der Waals surface area contributed by atoms with Gasteiger partial charge in [-0.1, -0.05) is 29.8 Å². The van der Waals surface area contributed by atoms with Crippen LogP contribution in [0.4, 0.5) is 0 Å². The first kappa shape index (κ1) is 19.8. The molecule has 0 unspecified atom stereocenters. The maximum atomic E-state index is 12.0. The van der Waals surface area contributed by atoms with Gasteiger partial charge in [-0.2, -0.15) is 0 Å². The van der Waals surface area contributed by atoms with Crippen molar-refractivity contribution >= 4 is 23.3 Å². The highest BCUT2D eigenvalue weighted by atomic mass is 35.5. The second-order valence-electron chi connectivity index (χ2n) is 5.88. The Morgan fingerprint density at radius 3 is 2.38 bits per heavy atom. The van der Waals surface area contributed by atoms with E-state index in [1.165, 1.54) is 6.92 Å². The van der Waals surface area contributed by atoms with E-state index in [1.807, 2.05) is 24.3 Å². The van der Waals surface area contributed by atoms with Crippen LogP contribution in [0.3, 0.4) is 0 Å². The standard InChI is InChI=1S/C20H22ClNO4/c1-14(23)13-26-18-9-5-15(11-19(18)25-2)6-10-20(24)22-12-16-3-7-17(21)8-4-16/h3-5,7-9,11H,6,10,12-13H2,1-2H3,(H,22,24). The van der Waals surface area contributed by atoms with Crippen LogP contribution in [0.1, 0.15) is 24.5 Å². The van der Waals surface area contributed by atoms with Crippen LogP contribution in [0, 0.1) is 0 Å². The summed E-state index contributed by atoms with van der Waals surface area (Å²) in [4.78, 5) is 23.0. The van der Waals surface area contributed by atoms with Crippen molar-refractivity contribution in [1.29, 1.82) is 0 Å². The van der Waals surface area contributed by atoms with Crippen molar-refractivity contribution in [1.82, 2.24) is 5.32 Å². The molecule has 0 atom stereocenters. The lowest BCUT2D eigenvalue weighted by Crippen LogP contribution is -2.22. The van der Waals surface area contributed by atoms with Gasteiger partial charge in [0.05, 0.1) is 7.11 Å². The summed E-state index contributed by atoms with van der Waals surface area (Å²) < 4.78 is 10.7. The molecule has 0 fully saturated rings. The number of halogens is 1. The third kappa shape index (κ3) is 6.41. The summed E-state index contributed by atoms with van der Waals surface area (Å²) in [5, 5.41) is 3.56. The van der Waals surface area contributed by atoms with Crippen LogP contribution in [0.15, 0.2) is 42.5 Å². The van der Waals surface area contributed by atoms with E-state index in [1.54, 1.807) is 25.3 Å². The van der Waals surface area contributed by atoms with Crippen LogP contribution in [0.5, 0.6) is 11.5 Å². The number of methoxy groups -OCH3 is 1. The Kier molecular flexibility index (Phi) is 7.48. The van der Waals surface area contributed by atoms with Crippen LogP contribution in [0.25, 0.3) is 0 Å². The molecule has 2 aromatic carbocycles. The number of Topliss-reactive ketones (excluding diaryl/α,β-unsaturated/α-hetero) is 1. The molecule has 6 heteroatoms. The van der Waals surface area contributed by atoms with Crippen molar-refractivity contribution in [3.63, 3.8) is 0 Å². The summed E-state index contributed by atoms with van der Waals surface area (Å²) in [5.74, 6) is 0.966. The number of hydrogen-bond donors (Lipinski definition) is 1. The van der Waals surface area contributed by atoms with Gasteiger partial charge < -0.3 is 14.8 Å². The Bertz CT molecular complexity index is 759. The lowest BCUT2D eigenvalue weighted by atomic mass is 10.1. The van der Waals surface area contributed by atoms with Gasteiger partial charge in [-0.25, -0.2) is 0 Å². The molecule has 138 valence electrons. The smallest absolute Gasteiger partial charge is 0.220 e. The van der Waals surface area contributed by atoms with Crippen LogP contribution in [0.2, 0.25) is 5.02 Å². The number of carbonyl (C=O) groups is 2. The molecule has 0 bridgehead atoms. The van der Waals surface area contributed by atoms with Gasteiger partial charge in [-0.15, -0.1) is 0 Å². The first-order valence-corrected chi connectivity index (χ1v) is 8.66. The van der Waals surface area contributed by atoms with Crippen LogP contribution >= 0.6 is 11.6 Å². The zero-order chi connectivity index (χ0) is 18.9. The maximum absolute atomic E-state index is 12.0. The molecule has 0 aliphatic rings. The molecule has 0 heterocycles. The van der Waals surface area contributed by atoms with E-state index in [4.69, 9.17) is 21.1 Å². The molecule has 0 spiro atoms. The number of rotatable bonds is 9. The van der Waals surface area contributed by atoms with Crippen molar-refractivity contribution in [3.05, 3.63) is 58.6 Å². The van der Waals surface area contributed by atoms with E-state index in [9.17, 15) is 9.59 Å². The SMILES string of the molecule is COc1cc(CCC(=O)NCc2ccc(Cl)cc2)ccc1OCC(C)=O. The predicted octanol–water partition coefficient (Wildman–Crippen LogP) is 3.57. The zero-order valence-corrected chi connectivity index (χ0v) is 15.6. The average molecular weight is 376 g/mol. The quantitative estimate of drug-likeness (QED) is 0.727. The molecule has 1 amide bonds. The number of carbonyl (C=O) groups excluding carboxylic acids is 2. The summed E-state index contributed by atoms with van der Waals surface area (Å²) in [6.07, 6.45) is 0.945. The number of ketones is 1. The molecule has 0 radical (unpaired) electrons. The summed E-state index contributed by atoms with van der Waals surface area (Å²) in [6.45, 7) is 1.93. The first-order chi connectivity index (χ1) is 12.5. The van der Waals surface area contributed by atoms with Crippen LogP contribution < -0.4 is 14.8 Å². The van der Waals surface area contributed by atoms with E-state index >= 15 is 0 Å². The van der Waals surface area contributed by atoms with Gasteiger partial charge in [0.2, 0.25) is 5.91 Å². The molecule has 0 saturated heterocycles. The summed E-state index contributed by atoms with van der Waals surface area (Å²) >= 11 is 5.84. The Morgan fingerprint density at radius 2 is 1.73 bits per heavy atom. The Morgan fingerprint density at radius 1 is 1.04 bits per heavy atom. The number of benzene rings is 2. The highest BCUT2D eigenvalue weighted by molar-refractivity contribution is 6.30. The third-order valence-electron chi connectivity index (χ3n) is 3.70. The van der Waals surface area contributed by atoms with E-state index in [2.05, 4.69) is 5.32 Å². The van der Waals surface area contributed by atoms with E-state index < -0.39 is 0 Å². The molecule has 0 aliphatic carbocycles. The van der Waals surface area contributed by atoms with Gasteiger partial charge in [0.25, 0.3) is 0 Å². The minimum atomic E-state index is -0.0616. The average Bonchev–Trinajstić information content (AvgIpc) is 2.64. The predicted molar refractivity (Wildman–Crippen MR) is 101 cm³/mol. The fourth-order valence-electron chi connectivity index (χ4n) is 2.32. The Balaban J connectivity index is 1.84. The van der Waals surface area contributed by atoms with Crippen LogP contribution in [-0.4, -0.2) is 25.4 Å². The molecule has 2 aromatic rings. The van der Waals surface area contributed by atoms with Gasteiger partial charge >= 0.3 is 0 Å². The first-order valence-electron chi connectivity index (χ1n) is 8.28. The highest BCUT2D eigenvalue weighted by Crippen LogP contribution is 2.28. The second kappa shape index (κ2) is 9.82. The molecule has 1 N–H and O–H groups in total. The third-order valence-corrected chi connectivity index (χ3v) is 3.95. The lowest BCUT2D eigenvalue weighted by molar-refractivity contribution is -0.121. The van der Waals surface area contributed by atoms with E-state index in [0.29, 0.717) is 35.9 Å². The Labute approximate surface area is 158 Å². The second-order valence-corrected chi connectivity index (χ2v) is 6.32. The monoisotopic (exact) mass is 375 g/mol. The van der Waals surface area contributed by atoms with Gasteiger partial charge in [-0.3, -0.25) is 9.59 Å². The minimum absolute atomic E-state index is 0.00279. The van der Waals surface area contributed by atoms with Crippen molar-refractivity contribution in [2.24, 2.45) is 0 Å². The molecule has 0 aromatic heterocycles. The number of aryl methyl sites for hydroxylation is 1. The summed E-state index contributed by atoms with van der Waals surface area (Å²) in [5.41, 5.74) is 1.95. The van der Waals surface area contributed by atoms with Gasteiger partial charge in [0, 0.05) is 18.0 Å². The van der Waals surface area contributed by atoms with Crippen molar-refractivity contribution < 1.29 is 19.1 Å². The normalized spacial score (nSPS) is 10.3. The molecule has 0 aliphatic heterocycles. The lowest BCUT2D eigenvalue weighted by Gasteiger charge is -2.11. The van der Waals surface area contributed by atoms with Crippen molar-refractivity contribution in [2.75, 3.05) is 13.7 Å². The van der Waals surface area contributed by atoms with Gasteiger partial charge in [0.1, 0.15) is 6.61 Å². The minimum Gasteiger partial charge on any atom is -0.493 e. The van der Waals surface area contributed by atoms with E-state index in [0.717, 1.165) is 11.1 Å². The number of nitrogens with one attached hydrogen (secondary N) is 1. The number of amides is 1. The topological polar surface area (TPSA) is 64.6 Å². The molecule has 26 heavy (non-hydrogen) atoms. The van der Waals surface area contributed by atoms with Crippen molar-refractivity contribution in [2.45, 2.75) is 26.3 Å². The van der Waals surface area contributed by atoms with Crippen molar-refractivity contribution in [3.8, 4) is 11.5 Å². The molecule has 2 rings (SSSR count). The van der Waals surface area contributed by atoms with Gasteiger partial charge in [0.15, 0.2) is 17.3 Å². The van der Waals surface area contributed by atoms with Crippen LogP contribution in [-0.2, 0) is 22.6 Å². The van der Waals surface area contributed by atoms with Gasteiger partial charge in [-0.05, 0) is 48.7 Å². The largest absolute Gasteiger partial charge is 0.493 e. The zero-order valence-electron chi connectivity index (χ0n) is 14.9. The summed E-state index contributed by atoms with van der Waals surface area (Å²) in [7, 11) is 1.54. The molecular weight excluding hydrogens is 354 g/mol. The fraction of sp³-hybridized carbons (Fsp3) is 0.300. The number of ether oxygens (including phenoxy) is 2. The fourth-order valence-corrected chi connectivity index (χ4v) is 2.44. The van der Waals surface area contributed by atoms with E-state index in [-0.39, 0.29) is 18.3 Å². The summed E-state index contributed by atoms with van der Waals surface area (Å²) in [6, 6.07) is 12.8. The molecule has 5 nitrogen and oxygen atoms in total. The molecular formula is C20H22ClNO4.